The first-order valence-corrected chi connectivity index (χ1v) is 7.35. The molecule has 0 atom stereocenters. The minimum Gasteiger partial charge on any atom is -0.444 e. The highest BCUT2D eigenvalue weighted by Gasteiger charge is 2.33. The van der Waals surface area contributed by atoms with Crippen LogP contribution in [0.3, 0.4) is 0 Å². The van der Waals surface area contributed by atoms with E-state index in [0.29, 0.717) is 5.52 Å². The summed E-state index contributed by atoms with van der Waals surface area (Å²) in [6, 6.07) is 2.33. The molecule has 0 aliphatic carbocycles. The van der Waals surface area contributed by atoms with Crippen LogP contribution in [0.25, 0.3) is 5.52 Å². The summed E-state index contributed by atoms with van der Waals surface area (Å²) >= 11 is 0. The number of pyridine rings is 1. The molecule has 0 spiro atoms. The van der Waals surface area contributed by atoms with Crippen LogP contribution in [0.4, 0.5) is 18.0 Å². The van der Waals surface area contributed by atoms with E-state index in [2.05, 4.69) is 10.3 Å². The Morgan fingerprint density at radius 3 is 2.33 bits per heavy atom. The van der Waals surface area contributed by atoms with Crippen molar-refractivity contribution in [3.8, 4) is 0 Å². The van der Waals surface area contributed by atoms with Crippen LogP contribution in [0.1, 0.15) is 46.0 Å². The Bertz CT molecular complexity index is 758. The summed E-state index contributed by atoms with van der Waals surface area (Å²) in [6.45, 7) is 8.46. The number of carbonyl (C=O) groups excluding carboxylic acids is 1. The van der Waals surface area contributed by atoms with Gasteiger partial charge in [-0.25, -0.2) is 9.78 Å². The summed E-state index contributed by atoms with van der Waals surface area (Å²) in [6.07, 6.45) is -2.71. The zero-order chi connectivity index (χ0) is 18.3. The Balaban J connectivity index is 2.38. The lowest BCUT2D eigenvalue weighted by Gasteiger charge is -2.28. The van der Waals surface area contributed by atoms with Gasteiger partial charge in [-0.3, -0.25) is 0 Å². The number of imidazole rings is 1. The van der Waals surface area contributed by atoms with E-state index in [4.69, 9.17) is 4.74 Å². The standard InChI is InChI=1S/C16H20F3N3O2/c1-14(2,3)24-13(23)21-15(4,5)12-20-8-11-7-6-10(9-22(11)12)16(17,18)19/h6-9H,1-5H3,(H,21,23). The number of fused-ring (bicyclic) bond motifs is 1. The van der Waals surface area contributed by atoms with Gasteiger partial charge in [-0.1, -0.05) is 0 Å². The lowest BCUT2D eigenvalue weighted by Crippen LogP contribution is -2.44. The van der Waals surface area contributed by atoms with Gasteiger partial charge in [0.25, 0.3) is 0 Å². The molecule has 132 valence electrons. The topological polar surface area (TPSA) is 55.6 Å². The zero-order valence-corrected chi connectivity index (χ0v) is 14.2. The Hall–Kier alpha value is -2.25. The van der Waals surface area contributed by atoms with Gasteiger partial charge >= 0.3 is 12.3 Å². The highest BCUT2D eigenvalue weighted by Crippen LogP contribution is 2.30. The fourth-order valence-electron chi connectivity index (χ4n) is 2.24. The van der Waals surface area contributed by atoms with Gasteiger partial charge in [0.2, 0.25) is 0 Å². The molecule has 0 radical (unpaired) electrons. The first kappa shape index (κ1) is 18.1. The number of alkyl carbamates (subject to hydrolysis) is 1. The summed E-state index contributed by atoms with van der Waals surface area (Å²) < 4.78 is 45.3. The van der Waals surface area contributed by atoms with Crippen LogP contribution in [0.5, 0.6) is 0 Å². The van der Waals surface area contributed by atoms with E-state index in [1.54, 1.807) is 34.6 Å². The molecule has 1 amide bonds. The predicted molar refractivity (Wildman–Crippen MR) is 82.6 cm³/mol. The molecular weight excluding hydrogens is 323 g/mol. The molecule has 0 bridgehead atoms. The molecule has 0 aromatic carbocycles. The number of carbonyl (C=O) groups is 1. The second-order valence-electron chi connectivity index (χ2n) is 7.04. The number of rotatable bonds is 2. The van der Waals surface area contributed by atoms with Crippen LogP contribution in [0.2, 0.25) is 0 Å². The van der Waals surface area contributed by atoms with Crippen LogP contribution < -0.4 is 5.32 Å². The van der Waals surface area contributed by atoms with Crippen molar-refractivity contribution >= 4 is 11.6 Å². The molecule has 0 aliphatic heterocycles. The summed E-state index contributed by atoms with van der Waals surface area (Å²) in [4.78, 5) is 16.1. The van der Waals surface area contributed by atoms with Crippen LogP contribution in [-0.4, -0.2) is 21.1 Å². The summed E-state index contributed by atoms with van der Waals surface area (Å²) in [5.74, 6) is 0.273. The minimum absolute atomic E-state index is 0.273. The Kier molecular flexibility index (Phi) is 4.28. The monoisotopic (exact) mass is 343 g/mol. The highest BCUT2D eigenvalue weighted by atomic mass is 19.4. The fraction of sp³-hybridized carbons (Fsp3) is 0.500. The maximum atomic E-state index is 12.9. The van der Waals surface area contributed by atoms with Crippen LogP contribution in [0.15, 0.2) is 24.5 Å². The van der Waals surface area contributed by atoms with Crippen molar-refractivity contribution in [1.82, 2.24) is 14.7 Å². The smallest absolute Gasteiger partial charge is 0.417 e. The molecule has 2 heterocycles. The summed E-state index contributed by atoms with van der Waals surface area (Å²) in [5.41, 5.74) is -2.00. The summed E-state index contributed by atoms with van der Waals surface area (Å²) in [7, 11) is 0. The normalized spacial score (nSPS) is 13.2. The van der Waals surface area contributed by atoms with Crippen molar-refractivity contribution in [1.29, 1.82) is 0 Å². The highest BCUT2D eigenvalue weighted by molar-refractivity contribution is 5.69. The molecule has 0 aliphatic rings. The fourth-order valence-corrected chi connectivity index (χ4v) is 2.24. The van der Waals surface area contributed by atoms with Crippen molar-refractivity contribution in [3.63, 3.8) is 0 Å². The maximum absolute atomic E-state index is 12.9. The third-order valence-corrected chi connectivity index (χ3v) is 3.23. The Morgan fingerprint density at radius 2 is 1.79 bits per heavy atom. The molecule has 0 unspecified atom stereocenters. The Morgan fingerprint density at radius 1 is 1.17 bits per heavy atom. The van der Waals surface area contributed by atoms with Gasteiger partial charge in [0.1, 0.15) is 11.4 Å². The maximum Gasteiger partial charge on any atom is 0.417 e. The average Bonchev–Trinajstić information content (AvgIpc) is 2.77. The molecule has 0 saturated carbocycles. The van der Waals surface area contributed by atoms with E-state index >= 15 is 0 Å². The number of alkyl halides is 3. The van der Waals surface area contributed by atoms with Gasteiger partial charge in [0.05, 0.1) is 22.8 Å². The number of halogens is 3. The average molecular weight is 343 g/mol. The summed E-state index contributed by atoms with van der Waals surface area (Å²) in [5, 5.41) is 2.64. The van der Waals surface area contributed by atoms with Crippen LogP contribution in [-0.2, 0) is 16.5 Å². The van der Waals surface area contributed by atoms with Crippen molar-refractivity contribution in [2.45, 2.75) is 51.9 Å². The zero-order valence-electron chi connectivity index (χ0n) is 14.2. The molecule has 8 heteroatoms. The molecule has 24 heavy (non-hydrogen) atoms. The first-order chi connectivity index (χ1) is 10.8. The third kappa shape index (κ3) is 3.98. The molecule has 2 rings (SSSR count). The molecule has 2 aromatic heterocycles. The van der Waals surface area contributed by atoms with E-state index in [0.717, 1.165) is 12.3 Å². The van der Waals surface area contributed by atoms with E-state index < -0.39 is 29.0 Å². The van der Waals surface area contributed by atoms with Crippen LogP contribution >= 0.6 is 0 Å². The molecule has 5 nitrogen and oxygen atoms in total. The van der Waals surface area contributed by atoms with Crippen molar-refractivity contribution in [3.05, 3.63) is 35.9 Å². The quantitative estimate of drug-likeness (QED) is 0.893. The number of amides is 1. The number of nitrogens with zero attached hydrogens (tertiary/aromatic N) is 2. The lowest BCUT2D eigenvalue weighted by molar-refractivity contribution is -0.137. The molecule has 2 aromatic rings. The van der Waals surface area contributed by atoms with E-state index in [9.17, 15) is 18.0 Å². The van der Waals surface area contributed by atoms with Gasteiger partial charge in [0.15, 0.2) is 0 Å². The molecule has 1 N–H and O–H groups in total. The van der Waals surface area contributed by atoms with Crippen LogP contribution in [0, 0.1) is 0 Å². The number of aromatic nitrogens is 2. The number of hydrogen-bond acceptors (Lipinski definition) is 3. The third-order valence-electron chi connectivity index (χ3n) is 3.23. The first-order valence-electron chi connectivity index (χ1n) is 7.35. The van der Waals surface area contributed by atoms with Gasteiger partial charge < -0.3 is 14.5 Å². The van der Waals surface area contributed by atoms with Gasteiger partial charge in [-0.05, 0) is 46.8 Å². The van der Waals surface area contributed by atoms with Crippen molar-refractivity contribution in [2.75, 3.05) is 0 Å². The minimum atomic E-state index is -4.46. The van der Waals surface area contributed by atoms with Crippen molar-refractivity contribution < 1.29 is 22.7 Å². The number of nitrogens with one attached hydrogen (secondary N) is 1. The van der Waals surface area contributed by atoms with Gasteiger partial charge in [-0.15, -0.1) is 0 Å². The van der Waals surface area contributed by atoms with Crippen molar-refractivity contribution in [2.24, 2.45) is 0 Å². The Labute approximate surface area is 137 Å². The largest absolute Gasteiger partial charge is 0.444 e. The van der Waals surface area contributed by atoms with E-state index in [1.807, 2.05) is 0 Å². The predicted octanol–water partition coefficient (Wildman–Crippen LogP) is 4.11. The molecule has 0 saturated heterocycles. The van der Waals surface area contributed by atoms with E-state index in [-0.39, 0.29) is 5.82 Å². The van der Waals surface area contributed by atoms with E-state index in [1.165, 1.54) is 16.7 Å². The second-order valence-corrected chi connectivity index (χ2v) is 7.04. The molecule has 0 fully saturated rings. The number of hydrogen-bond donors (Lipinski definition) is 1. The SMILES string of the molecule is CC(C)(C)OC(=O)NC(C)(C)c1ncc2ccc(C(F)(F)F)cn12. The number of ether oxygens (including phenoxy) is 1. The van der Waals surface area contributed by atoms with Gasteiger partial charge in [0, 0.05) is 6.20 Å². The molecular formula is C16H20F3N3O2. The second kappa shape index (κ2) is 5.68. The van der Waals surface area contributed by atoms with Gasteiger partial charge in [-0.2, -0.15) is 13.2 Å². The lowest BCUT2D eigenvalue weighted by atomic mass is 10.1.